The van der Waals surface area contributed by atoms with Gasteiger partial charge < -0.3 is 19.3 Å². The number of nitrogens with zero attached hydrogens (tertiary/aromatic N) is 5. The number of morpholine rings is 2. The Hall–Kier alpha value is -1.18. The van der Waals surface area contributed by atoms with Crippen molar-refractivity contribution in [3.63, 3.8) is 0 Å². The van der Waals surface area contributed by atoms with Crippen molar-refractivity contribution < 1.29 is 9.47 Å². The molecule has 0 spiro atoms. The predicted molar refractivity (Wildman–Crippen MR) is 89.7 cm³/mol. The van der Waals surface area contributed by atoms with Gasteiger partial charge in [0.1, 0.15) is 0 Å². The summed E-state index contributed by atoms with van der Waals surface area (Å²) < 4.78 is 11.6. The van der Waals surface area contributed by atoms with Crippen molar-refractivity contribution in [3.8, 4) is 0 Å². The molecule has 7 nitrogen and oxygen atoms in total. The molecule has 1 aromatic rings. The van der Waals surface area contributed by atoms with Crippen molar-refractivity contribution in [1.29, 1.82) is 0 Å². The molecule has 5 saturated heterocycles. The summed E-state index contributed by atoms with van der Waals surface area (Å²) in [5.74, 6) is 1.41. The van der Waals surface area contributed by atoms with Gasteiger partial charge in [-0.15, -0.1) is 0 Å². The van der Waals surface area contributed by atoms with Crippen molar-refractivity contribution in [2.24, 2.45) is 0 Å². The number of aromatic nitrogens is 3. The first-order valence-electron chi connectivity index (χ1n) is 8.94. The zero-order chi connectivity index (χ0) is 16.1. The normalized spacial score (nSPS) is 35.4. The van der Waals surface area contributed by atoms with Crippen molar-refractivity contribution in [2.75, 3.05) is 36.2 Å². The minimum Gasteiger partial charge on any atom is -0.377 e. The minimum atomic E-state index is 0.280. The van der Waals surface area contributed by atoms with Gasteiger partial charge in [0.15, 0.2) is 0 Å². The number of hydrogen-bond donors (Lipinski definition) is 0. The molecule has 5 aliphatic heterocycles. The Labute approximate surface area is 146 Å². The molecule has 1 aromatic heterocycles. The van der Waals surface area contributed by atoms with Gasteiger partial charge in [0, 0.05) is 6.54 Å². The van der Waals surface area contributed by atoms with E-state index in [1.54, 1.807) is 0 Å². The Kier molecular flexibility index (Phi) is 3.75. The van der Waals surface area contributed by atoms with E-state index < -0.39 is 0 Å². The molecule has 0 aromatic carbocycles. The molecule has 0 saturated carbocycles. The molecule has 0 radical (unpaired) electrons. The highest BCUT2D eigenvalue weighted by atomic mass is 35.5. The molecule has 6 rings (SSSR count). The van der Waals surface area contributed by atoms with E-state index in [9.17, 15) is 0 Å². The lowest BCUT2D eigenvalue weighted by Gasteiger charge is -2.38. The van der Waals surface area contributed by atoms with Gasteiger partial charge in [-0.2, -0.15) is 15.0 Å². The SMILES string of the molecule is Clc1nc(N2CC3CCCC2CO3)nc(N2C3CCC2COC3)n1. The maximum atomic E-state index is 6.27. The Balaban J connectivity index is 1.48. The number of anilines is 2. The van der Waals surface area contributed by atoms with Crippen LogP contribution in [0.3, 0.4) is 0 Å². The molecule has 130 valence electrons. The zero-order valence-corrected chi connectivity index (χ0v) is 14.4. The smallest absolute Gasteiger partial charge is 0.232 e. The van der Waals surface area contributed by atoms with Gasteiger partial charge in [0.2, 0.25) is 17.2 Å². The largest absolute Gasteiger partial charge is 0.377 e. The molecular weight excluding hydrogens is 330 g/mol. The van der Waals surface area contributed by atoms with E-state index in [4.69, 9.17) is 26.1 Å². The fourth-order valence-corrected chi connectivity index (χ4v) is 4.68. The molecule has 0 amide bonds. The van der Waals surface area contributed by atoms with E-state index in [-0.39, 0.29) is 11.4 Å². The summed E-state index contributed by atoms with van der Waals surface area (Å²) in [6.07, 6.45) is 5.98. The number of hydrogen-bond acceptors (Lipinski definition) is 7. The van der Waals surface area contributed by atoms with Gasteiger partial charge in [-0.25, -0.2) is 0 Å². The molecule has 4 atom stereocenters. The molecule has 0 aliphatic carbocycles. The van der Waals surface area contributed by atoms with Gasteiger partial charge >= 0.3 is 0 Å². The van der Waals surface area contributed by atoms with Crippen LogP contribution in [0, 0.1) is 0 Å². The van der Waals surface area contributed by atoms with Gasteiger partial charge in [-0.05, 0) is 43.7 Å². The molecular formula is C16H22ClN5O2. The summed E-state index contributed by atoms with van der Waals surface area (Å²) in [7, 11) is 0. The van der Waals surface area contributed by atoms with Crippen LogP contribution in [0.15, 0.2) is 0 Å². The average Bonchev–Trinajstić information content (AvgIpc) is 2.83. The van der Waals surface area contributed by atoms with Gasteiger partial charge in [-0.1, -0.05) is 0 Å². The third-order valence-corrected chi connectivity index (χ3v) is 5.91. The van der Waals surface area contributed by atoms with Crippen LogP contribution in [0.5, 0.6) is 0 Å². The summed E-state index contributed by atoms with van der Waals surface area (Å²) in [6, 6.07) is 1.06. The highest BCUT2D eigenvalue weighted by Gasteiger charge is 2.40. The second-order valence-electron chi connectivity index (χ2n) is 7.23. The van der Waals surface area contributed by atoms with Gasteiger partial charge in [0.25, 0.3) is 0 Å². The molecule has 5 fully saturated rings. The third kappa shape index (κ3) is 2.53. The lowest BCUT2D eigenvalue weighted by molar-refractivity contribution is 0.0301. The van der Waals surface area contributed by atoms with E-state index in [0.29, 0.717) is 30.0 Å². The van der Waals surface area contributed by atoms with Crippen molar-refractivity contribution in [1.82, 2.24) is 15.0 Å². The van der Waals surface area contributed by atoms with Crippen LogP contribution in [0.2, 0.25) is 5.28 Å². The number of ether oxygens (including phenoxy) is 2. The van der Waals surface area contributed by atoms with Crippen LogP contribution in [-0.4, -0.2) is 65.5 Å². The van der Waals surface area contributed by atoms with Crippen LogP contribution in [0.25, 0.3) is 0 Å². The highest BCUT2D eigenvalue weighted by molar-refractivity contribution is 6.28. The zero-order valence-electron chi connectivity index (χ0n) is 13.6. The summed E-state index contributed by atoms with van der Waals surface area (Å²) >= 11 is 6.27. The van der Waals surface area contributed by atoms with Crippen LogP contribution < -0.4 is 9.80 Å². The van der Waals surface area contributed by atoms with Gasteiger partial charge in [-0.3, -0.25) is 0 Å². The molecule has 24 heavy (non-hydrogen) atoms. The van der Waals surface area contributed by atoms with E-state index >= 15 is 0 Å². The van der Waals surface area contributed by atoms with E-state index in [2.05, 4.69) is 19.8 Å². The number of fused-ring (bicyclic) bond motifs is 6. The number of halogens is 1. The quantitative estimate of drug-likeness (QED) is 0.802. The fraction of sp³-hybridized carbons (Fsp3) is 0.812. The standard InChI is InChI=1S/C16H22ClN5O2/c17-14-18-15(21-6-13-3-1-2-10(21)9-24-13)20-16(19-14)22-11-4-5-12(22)8-23-7-11/h10-13H,1-9H2. The summed E-state index contributed by atoms with van der Waals surface area (Å²) in [6.45, 7) is 3.10. The van der Waals surface area contributed by atoms with Crippen molar-refractivity contribution >= 4 is 23.5 Å². The first-order chi connectivity index (χ1) is 11.8. The number of rotatable bonds is 2. The van der Waals surface area contributed by atoms with Crippen LogP contribution in [-0.2, 0) is 9.47 Å². The fourth-order valence-electron chi connectivity index (χ4n) is 4.53. The van der Waals surface area contributed by atoms with Gasteiger partial charge in [0.05, 0.1) is 44.1 Å². The minimum absolute atomic E-state index is 0.280. The summed E-state index contributed by atoms with van der Waals surface area (Å²) in [5.41, 5.74) is 0. The lowest BCUT2D eigenvalue weighted by Crippen LogP contribution is -2.49. The monoisotopic (exact) mass is 351 g/mol. The maximum Gasteiger partial charge on any atom is 0.232 e. The molecule has 4 bridgehead atoms. The summed E-state index contributed by atoms with van der Waals surface area (Å²) in [5, 5.41) is 0.280. The third-order valence-electron chi connectivity index (χ3n) is 5.74. The van der Waals surface area contributed by atoms with Crippen molar-refractivity contribution in [2.45, 2.75) is 56.3 Å². The first-order valence-corrected chi connectivity index (χ1v) is 9.31. The second kappa shape index (κ2) is 5.97. The Morgan fingerprint density at radius 1 is 0.875 bits per heavy atom. The Morgan fingerprint density at radius 3 is 2.50 bits per heavy atom. The Bertz CT molecular complexity index is 612. The van der Waals surface area contributed by atoms with Crippen LogP contribution >= 0.6 is 11.6 Å². The van der Waals surface area contributed by atoms with E-state index in [0.717, 1.165) is 52.0 Å². The second-order valence-corrected chi connectivity index (χ2v) is 7.56. The van der Waals surface area contributed by atoms with Crippen molar-refractivity contribution in [3.05, 3.63) is 5.28 Å². The molecule has 4 unspecified atom stereocenters. The molecule has 8 heteroatoms. The lowest BCUT2D eigenvalue weighted by atomic mass is 10.1. The van der Waals surface area contributed by atoms with E-state index in [1.165, 1.54) is 6.42 Å². The molecule has 5 aliphatic rings. The maximum absolute atomic E-state index is 6.27. The molecule has 0 N–H and O–H groups in total. The van der Waals surface area contributed by atoms with Crippen LogP contribution in [0.1, 0.15) is 32.1 Å². The first kappa shape index (κ1) is 15.1. The molecule has 6 heterocycles. The topological polar surface area (TPSA) is 63.6 Å². The van der Waals surface area contributed by atoms with E-state index in [1.807, 2.05) is 0 Å². The predicted octanol–water partition coefficient (Wildman–Crippen LogP) is 1.65. The highest BCUT2D eigenvalue weighted by Crippen LogP contribution is 2.34. The summed E-state index contributed by atoms with van der Waals surface area (Å²) in [4.78, 5) is 18.3. The average molecular weight is 352 g/mol. The van der Waals surface area contributed by atoms with Crippen LogP contribution in [0.4, 0.5) is 11.9 Å². The Morgan fingerprint density at radius 2 is 1.67 bits per heavy atom.